The summed E-state index contributed by atoms with van der Waals surface area (Å²) >= 11 is 0. The van der Waals surface area contributed by atoms with E-state index in [4.69, 9.17) is 0 Å². The Hall–Kier alpha value is -1.39. The fourth-order valence-corrected chi connectivity index (χ4v) is 0.405. The number of rotatable bonds is 3. The first-order chi connectivity index (χ1) is 5.72. The van der Waals surface area contributed by atoms with E-state index in [1.807, 2.05) is 0 Å². The monoisotopic (exact) mass is 173 g/mol. The molecule has 0 saturated carbocycles. The summed E-state index contributed by atoms with van der Waals surface area (Å²) in [5, 5.41) is 0. The zero-order chi connectivity index (χ0) is 9.40. The highest BCUT2D eigenvalue weighted by molar-refractivity contribution is 6.33. The molecule has 0 fully saturated rings. The quantitative estimate of drug-likeness (QED) is 0.263. The minimum atomic E-state index is -0.964. The summed E-state index contributed by atoms with van der Waals surface area (Å²) in [7, 11) is 0. The highest BCUT2D eigenvalue weighted by Gasteiger charge is 2.11. The van der Waals surface area contributed by atoms with Crippen molar-refractivity contribution in [2.24, 2.45) is 4.99 Å². The first kappa shape index (κ1) is 10.6. The zero-order valence-corrected chi connectivity index (χ0v) is 7.07. The average molecular weight is 173 g/mol. The van der Waals surface area contributed by atoms with Crippen molar-refractivity contribution in [2.45, 2.75) is 13.8 Å². The van der Waals surface area contributed by atoms with Crippen LogP contribution in [0.25, 0.3) is 0 Å². The van der Waals surface area contributed by atoms with Gasteiger partial charge in [0.05, 0.1) is 13.2 Å². The normalized spacial score (nSPS) is 9.83. The van der Waals surface area contributed by atoms with Crippen LogP contribution in [-0.4, -0.2) is 31.5 Å². The van der Waals surface area contributed by atoms with Crippen molar-refractivity contribution in [3.63, 3.8) is 0 Å². The zero-order valence-electron chi connectivity index (χ0n) is 7.07. The van der Waals surface area contributed by atoms with E-state index < -0.39 is 11.9 Å². The summed E-state index contributed by atoms with van der Waals surface area (Å²) in [4.78, 5) is 24.4. The molecular formula is C7H11NO4. The highest BCUT2D eigenvalue weighted by atomic mass is 16.5. The smallest absolute Gasteiger partial charge is 0.399 e. The summed E-state index contributed by atoms with van der Waals surface area (Å²) in [6, 6.07) is 0. The standard InChI is InChI=1S/C7H11NO4/c1-3-11-5-8-6(9)7(10)12-4-2/h5H,3-4H2,1-2H3. The van der Waals surface area contributed by atoms with Crippen molar-refractivity contribution >= 4 is 18.3 Å². The molecule has 0 heterocycles. The molecule has 12 heavy (non-hydrogen) atoms. The molecule has 1 amide bonds. The van der Waals surface area contributed by atoms with Crippen molar-refractivity contribution in [2.75, 3.05) is 13.2 Å². The fraction of sp³-hybridized carbons (Fsp3) is 0.571. The number of hydrogen-bond acceptors (Lipinski definition) is 4. The molecule has 0 rings (SSSR count). The number of carbonyl (C=O) groups excluding carboxylic acids is 2. The molecule has 0 aliphatic rings. The molecule has 0 aromatic heterocycles. The van der Waals surface area contributed by atoms with Crippen molar-refractivity contribution < 1.29 is 19.1 Å². The predicted octanol–water partition coefficient (Wildman–Crippen LogP) is 0.141. The highest BCUT2D eigenvalue weighted by Crippen LogP contribution is 1.82. The van der Waals surface area contributed by atoms with E-state index in [1.54, 1.807) is 13.8 Å². The molecule has 0 aromatic carbocycles. The minimum Gasteiger partial charge on any atom is -0.483 e. The SMILES string of the molecule is CCOC=NC(=O)C(=O)OCC. The Morgan fingerprint density at radius 2 is 2.00 bits per heavy atom. The van der Waals surface area contributed by atoms with Gasteiger partial charge in [0.15, 0.2) is 6.40 Å². The number of ether oxygens (including phenoxy) is 2. The third-order valence-corrected chi connectivity index (χ3v) is 0.861. The lowest BCUT2D eigenvalue weighted by molar-refractivity contribution is -0.152. The van der Waals surface area contributed by atoms with Crippen molar-refractivity contribution in [3.8, 4) is 0 Å². The van der Waals surface area contributed by atoms with Gasteiger partial charge in [0, 0.05) is 0 Å². The fourth-order valence-electron chi connectivity index (χ4n) is 0.405. The van der Waals surface area contributed by atoms with E-state index in [-0.39, 0.29) is 6.61 Å². The lowest BCUT2D eigenvalue weighted by Gasteiger charge is -1.95. The van der Waals surface area contributed by atoms with Gasteiger partial charge in [-0.05, 0) is 13.8 Å². The predicted molar refractivity (Wildman–Crippen MR) is 41.8 cm³/mol. The van der Waals surface area contributed by atoms with E-state index in [1.165, 1.54) is 0 Å². The Kier molecular flexibility index (Phi) is 5.60. The van der Waals surface area contributed by atoms with Crippen LogP contribution in [0.5, 0.6) is 0 Å². The van der Waals surface area contributed by atoms with Crippen LogP contribution in [0.2, 0.25) is 0 Å². The number of amides is 1. The van der Waals surface area contributed by atoms with Crippen LogP contribution in [0.3, 0.4) is 0 Å². The Morgan fingerprint density at radius 3 is 2.50 bits per heavy atom. The molecular weight excluding hydrogens is 162 g/mol. The molecule has 0 aliphatic heterocycles. The summed E-state index contributed by atoms with van der Waals surface area (Å²) in [5.41, 5.74) is 0. The van der Waals surface area contributed by atoms with Gasteiger partial charge in [0.2, 0.25) is 0 Å². The molecule has 5 heteroatoms. The summed E-state index contributed by atoms with van der Waals surface area (Å²) < 4.78 is 8.99. The Bertz CT molecular complexity index is 188. The molecule has 0 unspecified atom stereocenters. The van der Waals surface area contributed by atoms with Gasteiger partial charge in [-0.25, -0.2) is 4.79 Å². The van der Waals surface area contributed by atoms with Crippen LogP contribution in [0.4, 0.5) is 0 Å². The molecule has 0 radical (unpaired) electrons. The van der Waals surface area contributed by atoms with Crippen LogP contribution in [-0.2, 0) is 19.1 Å². The van der Waals surface area contributed by atoms with Crippen molar-refractivity contribution in [1.29, 1.82) is 0 Å². The maximum Gasteiger partial charge on any atom is 0.399 e. The van der Waals surface area contributed by atoms with Crippen LogP contribution in [0, 0.1) is 0 Å². The summed E-state index contributed by atoms with van der Waals surface area (Å²) in [6.45, 7) is 3.91. The van der Waals surface area contributed by atoms with Crippen molar-refractivity contribution in [1.82, 2.24) is 0 Å². The number of aliphatic imine (C=N–C) groups is 1. The average Bonchev–Trinajstić information content (AvgIpc) is 2.05. The maximum absolute atomic E-state index is 10.7. The van der Waals surface area contributed by atoms with Gasteiger partial charge < -0.3 is 9.47 Å². The van der Waals surface area contributed by atoms with E-state index in [0.717, 1.165) is 6.40 Å². The van der Waals surface area contributed by atoms with Gasteiger partial charge >= 0.3 is 11.9 Å². The molecule has 0 saturated heterocycles. The van der Waals surface area contributed by atoms with E-state index in [0.29, 0.717) is 6.61 Å². The lowest BCUT2D eigenvalue weighted by Crippen LogP contribution is -2.15. The van der Waals surface area contributed by atoms with Gasteiger partial charge in [-0.3, -0.25) is 4.79 Å². The van der Waals surface area contributed by atoms with Gasteiger partial charge in [-0.15, -0.1) is 0 Å². The van der Waals surface area contributed by atoms with Gasteiger partial charge in [0.1, 0.15) is 0 Å². The first-order valence-corrected chi connectivity index (χ1v) is 3.57. The van der Waals surface area contributed by atoms with Gasteiger partial charge in [-0.2, -0.15) is 4.99 Å². The lowest BCUT2D eigenvalue weighted by atomic mass is 10.6. The second-order valence-corrected chi connectivity index (χ2v) is 1.72. The van der Waals surface area contributed by atoms with Crippen LogP contribution in [0.15, 0.2) is 4.99 Å². The van der Waals surface area contributed by atoms with E-state index in [2.05, 4.69) is 14.5 Å². The third-order valence-electron chi connectivity index (χ3n) is 0.861. The number of hydrogen-bond donors (Lipinski definition) is 0. The number of carbonyl (C=O) groups is 2. The van der Waals surface area contributed by atoms with Crippen LogP contribution >= 0.6 is 0 Å². The first-order valence-electron chi connectivity index (χ1n) is 3.57. The number of nitrogens with zero attached hydrogens (tertiary/aromatic N) is 1. The molecule has 0 aromatic rings. The van der Waals surface area contributed by atoms with Crippen LogP contribution < -0.4 is 0 Å². The maximum atomic E-state index is 10.7. The molecule has 0 bridgehead atoms. The molecule has 68 valence electrons. The Labute approximate surface area is 70.4 Å². The molecule has 0 spiro atoms. The summed E-state index contributed by atoms with van der Waals surface area (Å²) in [6.07, 6.45) is 0.930. The third kappa shape index (κ3) is 4.43. The molecule has 0 aliphatic carbocycles. The van der Waals surface area contributed by atoms with Crippen LogP contribution in [0.1, 0.15) is 13.8 Å². The molecule has 5 nitrogen and oxygen atoms in total. The molecule has 0 N–H and O–H groups in total. The van der Waals surface area contributed by atoms with Gasteiger partial charge in [-0.1, -0.05) is 0 Å². The van der Waals surface area contributed by atoms with Gasteiger partial charge in [0.25, 0.3) is 0 Å². The van der Waals surface area contributed by atoms with E-state index >= 15 is 0 Å². The second-order valence-electron chi connectivity index (χ2n) is 1.72. The second kappa shape index (κ2) is 6.33. The Balaban J connectivity index is 3.78. The topological polar surface area (TPSA) is 65.0 Å². The Morgan fingerprint density at radius 1 is 1.33 bits per heavy atom. The minimum absolute atomic E-state index is 0.161. The van der Waals surface area contributed by atoms with Crippen molar-refractivity contribution in [3.05, 3.63) is 0 Å². The summed E-state index contributed by atoms with van der Waals surface area (Å²) in [5.74, 6) is -1.92. The van der Waals surface area contributed by atoms with E-state index in [9.17, 15) is 9.59 Å². The number of esters is 1. The largest absolute Gasteiger partial charge is 0.483 e. The molecule has 0 atom stereocenters.